The van der Waals surface area contributed by atoms with Gasteiger partial charge in [-0.1, -0.05) is 0 Å². The van der Waals surface area contributed by atoms with Gasteiger partial charge in [-0.25, -0.2) is 0 Å². The first-order valence-electron chi connectivity index (χ1n) is 13.1. The van der Waals surface area contributed by atoms with Gasteiger partial charge in [0.15, 0.2) is 0 Å². The second kappa shape index (κ2) is 11.4. The molecule has 1 amide bonds. The number of nitrogens with one attached hydrogen (secondary N) is 1. The van der Waals surface area contributed by atoms with Crippen molar-refractivity contribution in [3.63, 3.8) is 0 Å². The van der Waals surface area contributed by atoms with Crippen LogP contribution in [0.3, 0.4) is 0 Å². The Hall–Kier alpha value is -3.03. The van der Waals surface area contributed by atoms with E-state index in [-0.39, 0.29) is 26.3 Å². The number of fused-ring (bicyclic) bond motifs is 2. The standard InChI is InChI=1S/C29H34N2O6Se/c1-34-24-14-21-22(15-25(24)35-2)30-28(33)37-23(21)11-13-31-18-20(38-19-8-5-4-6-9-19)16-29(17-27(32)36-3)12-7-10-26(29)31/h4-6,8-9,14-15,20,23H,7,10-13,16-18H2,1-3H3/p+1/t20?,23?,29-/m1/s1. The van der Waals surface area contributed by atoms with E-state index in [1.54, 1.807) is 20.3 Å². The Balaban J connectivity index is 1.43. The minimum atomic E-state index is -0.466. The van der Waals surface area contributed by atoms with Gasteiger partial charge in [0.2, 0.25) is 0 Å². The fourth-order valence-electron chi connectivity index (χ4n) is 6.27. The van der Waals surface area contributed by atoms with Crippen molar-refractivity contribution in [3.8, 4) is 11.5 Å². The molecule has 2 aliphatic heterocycles. The minimum absolute atomic E-state index is 0.139. The Kier molecular flexibility index (Phi) is 7.96. The summed E-state index contributed by atoms with van der Waals surface area (Å²) in [7, 11) is 4.65. The van der Waals surface area contributed by atoms with Gasteiger partial charge >= 0.3 is 230 Å². The van der Waals surface area contributed by atoms with Crippen LogP contribution in [0.1, 0.15) is 50.2 Å². The third-order valence-electron chi connectivity index (χ3n) is 7.91. The molecular formula is C29H35N2O6Se+. The average Bonchev–Trinajstić information content (AvgIpc) is 3.34. The van der Waals surface area contributed by atoms with Crippen LogP contribution in [0, 0.1) is 5.41 Å². The Bertz CT molecular complexity index is 1230. The molecule has 3 aliphatic rings. The predicted octanol–water partition coefficient (Wildman–Crippen LogP) is 4.11. The summed E-state index contributed by atoms with van der Waals surface area (Å²) < 4.78 is 25.7. The second-order valence-electron chi connectivity index (χ2n) is 10.1. The molecule has 2 aromatic rings. The van der Waals surface area contributed by atoms with E-state index in [1.165, 1.54) is 17.3 Å². The third-order valence-corrected chi connectivity index (χ3v) is 10.4. The first-order valence-corrected chi connectivity index (χ1v) is 14.9. The normalized spacial score (nSPS) is 24.1. The summed E-state index contributed by atoms with van der Waals surface area (Å²) in [5.41, 5.74) is 2.78. The van der Waals surface area contributed by atoms with Gasteiger partial charge in [0, 0.05) is 0 Å². The Morgan fingerprint density at radius 3 is 2.66 bits per heavy atom. The molecule has 0 spiro atoms. The van der Waals surface area contributed by atoms with Crippen LogP contribution >= 0.6 is 0 Å². The molecule has 0 saturated heterocycles. The molecule has 2 aromatic carbocycles. The molecule has 8 nitrogen and oxygen atoms in total. The third kappa shape index (κ3) is 5.40. The van der Waals surface area contributed by atoms with Crippen molar-refractivity contribution < 1.29 is 33.1 Å². The van der Waals surface area contributed by atoms with E-state index in [2.05, 4.69) is 40.2 Å². The summed E-state index contributed by atoms with van der Waals surface area (Å²) in [6.45, 7) is 1.69. The number of anilines is 1. The van der Waals surface area contributed by atoms with E-state index in [4.69, 9.17) is 18.9 Å². The summed E-state index contributed by atoms with van der Waals surface area (Å²) in [4.78, 5) is 25.4. The summed E-state index contributed by atoms with van der Waals surface area (Å²) in [5.74, 6) is 1.02. The second-order valence-corrected chi connectivity index (χ2v) is 13.0. The van der Waals surface area contributed by atoms with Crippen LogP contribution in [0.15, 0.2) is 42.5 Å². The van der Waals surface area contributed by atoms with Crippen molar-refractivity contribution >= 4 is 42.9 Å². The quantitative estimate of drug-likeness (QED) is 0.271. The predicted molar refractivity (Wildman–Crippen MR) is 145 cm³/mol. The van der Waals surface area contributed by atoms with Crippen LogP contribution in [0.2, 0.25) is 4.82 Å². The molecule has 202 valence electrons. The van der Waals surface area contributed by atoms with Crippen LogP contribution in [0.5, 0.6) is 11.5 Å². The number of amides is 1. The van der Waals surface area contributed by atoms with E-state index in [9.17, 15) is 9.59 Å². The van der Waals surface area contributed by atoms with Crippen LogP contribution in [0.25, 0.3) is 0 Å². The molecule has 0 aromatic heterocycles. The van der Waals surface area contributed by atoms with Gasteiger partial charge in [0.25, 0.3) is 0 Å². The van der Waals surface area contributed by atoms with Crippen molar-refractivity contribution in [1.29, 1.82) is 0 Å². The number of benzene rings is 2. The van der Waals surface area contributed by atoms with Gasteiger partial charge in [-0.2, -0.15) is 0 Å². The number of nitrogens with zero attached hydrogens (tertiary/aromatic N) is 1. The Morgan fingerprint density at radius 1 is 1.16 bits per heavy atom. The molecule has 0 radical (unpaired) electrons. The van der Waals surface area contributed by atoms with Crippen molar-refractivity contribution in [2.45, 2.75) is 49.4 Å². The topological polar surface area (TPSA) is 86.1 Å². The molecule has 38 heavy (non-hydrogen) atoms. The van der Waals surface area contributed by atoms with Crippen molar-refractivity contribution in [2.24, 2.45) is 5.41 Å². The maximum atomic E-state index is 12.5. The van der Waals surface area contributed by atoms with E-state index in [1.807, 2.05) is 6.07 Å². The number of carbonyl (C=O) groups is 2. The molecule has 1 saturated carbocycles. The fraction of sp³-hybridized carbons (Fsp3) is 0.483. The first-order chi connectivity index (χ1) is 18.4. The van der Waals surface area contributed by atoms with Crippen LogP contribution in [-0.4, -0.2) is 71.7 Å². The molecule has 1 fully saturated rings. The zero-order valence-corrected chi connectivity index (χ0v) is 23.9. The number of hydrogen-bond acceptors (Lipinski definition) is 6. The van der Waals surface area contributed by atoms with Gasteiger partial charge in [-0.15, -0.1) is 0 Å². The van der Waals surface area contributed by atoms with E-state index < -0.39 is 12.2 Å². The number of hydrogen-bond donors (Lipinski definition) is 1. The van der Waals surface area contributed by atoms with Crippen LogP contribution in [-0.2, 0) is 14.3 Å². The van der Waals surface area contributed by atoms with E-state index in [0.717, 1.165) is 44.3 Å². The first kappa shape index (κ1) is 26.6. The molecule has 0 bridgehead atoms. The molecule has 2 heterocycles. The number of rotatable bonds is 9. The molecule has 5 rings (SSSR count). The van der Waals surface area contributed by atoms with Gasteiger partial charge < -0.3 is 0 Å². The summed E-state index contributed by atoms with van der Waals surface area (Å²) in [6, 6.07) is 14.3. The summed E-state index contributed by atoms with van der Waals surface area (Å²) in [5, 5.41) is 2.79. The summed E-state index contributed by atoms with van der Waals surface area (Å²) >= 11 is 0.286. The molecule has 1 aliphatic carbocycles. The van der Waals surface area contributed by atoms with Crippen LogP contribution in [0.4, 0.5) is 10.5 Å². The summed E-state index contributed by atoms with van der Waals surface area (Å²) in [6.07, 6.45) is 4.30. The fourth-order valence-corrected chi connectivity index (χ4v) is 9.12. The maximum absolute atomic E-state index is 12.5. The van der Waals surface area contributed by atoms with E-state index in [0.29, 0.717) is 34.8 Å². The van der Waals surface area contributed by atoms with Crippen molar-refractivity contribution in [3.05, 3.63) is 48.0 Å². The molecule has 9 heteroatoms. The van der Waals surface area contributed by atoms with Gasteiger partial charge in [0.1, 0.15) is 0 Å². The number of methoxy groups -OCH3 is 3. The van der Waals surface area contributed by atoms with Gasteiger partial charge in [-0.05, 0) is 0 Å². The SMILES string of the molecule is COC(=O)C[C@]12CCCC1=[N+](CCC1OC(=O)Nc3cc(OC)c(OC)cc31)CC([Se]c1ccccc1)C2. The Morgan fingerprint density at radius 2 is 1.92 bits per heavy atom. The van der Waals surface area contributed by atoms with Gasteiger partial charge in [0.05, 0.1) is 0 Å². The average molecular weight is 587 g/mol. The number of carbonyl (C=O) groups excluding carboxylic acids is 2. The zero-order valence-electron chi connectivity index (χ0n) is 22.2. The van der Waals surface area contributed by atoms with Crippen LogP contribution < -0.4 is 19.3 Å². The zero-order chi connectivity index (χ0) is 26.7. The molecule has 2 unspecified atom stereocenters. The molecule has 1 N–H and O–H groups in total. The van der Waals surface area contributed by atoms with Crippen molar-refractivity contribution in [2.75, 3.05) is 39.7 Å². The number of cyclic esters (lactones) is 1. The molecular weight excluding hydrogens is 551 g/mol. The monoisotopic (exact) mass is 587 g/mol. The van der Waals surface area contributed by atoms with Crippen molar-refractivity contribution in [1.82, 2.24) is 0 Å². The molecule has 3 atom stereocenters. The number of esters is 1. The number of ether oxygens (including phenoxy) is 4. The Labute approximate surface area is 229 Å². The van der Waals surface area contributed by atoms with E-state index >= 15 is 0 Å². The van der Waals surface area contributed by atoms with Gasteiger partial charge in [-0.3, -0.25) is 0 Å².